The maximum absolute atomic E-state index is 11.5. The van der Waals surface area contributed by atoms with Crippen LogP contribution in [0.5, 0.6) is 11.5 Å². The van der Waals surface area contributed by atoms with Crippen LogP contribution in [-0.4, -0.2) is 18.6 Å². The van der Waals surface area contributed by atoms with E-state index < -0.39 is 0 Å². The molecule has 1 aliphatic heterocycles. The van der Waals surface area contributed by atoms with Crippen LogP contribution in [0.25, 0.3) is 0 Å². The van der Waals surface area contributed by atoms with Crippen molar-refractivity contribution in [3.05, 3.63) is 54.1 Å². The van der Waals surface area contributed by atoms with Crippen molar-refractivity contribution in [3.8, 4) is 11.5 Å². The van der Waals surface area contributed by atoms with Crippen LogP contribution in [-0.2, 0) is 8.98 Å². The Morgan fingerprint density at radius 2 is 1.93 bits per heavy atom. The summed E-state index contributed by atoms with van der Waals surface area (Å²) in [5.74, 6) is 2.57. The molecule has 150 valence electrons. The summed E-state index contributed by atoms with van der Waals surface area (Å²) < 4.78 is 11.2. The van der Waals surface area contributed by atoms with E-state index in [9.17, 15) is 4.79 Å². The van der Waals surface area contributed by atoms with Crippen LogP contribution in [0.4, 0.5) is 0 Å². The van der Waals surface area contributed by atoms with Crippen molar-refractivity contribution in [3.63, 3.8) is 0 Å². The average Bonchev–Trinajstić information content (AvgIpc) is 2.68. The van der Waals surface area contributed by atoms with Crippen molar-refractivity contribution in [2.75, 3.05) is 6.54 Å². The van der Waals surface area contributed by atoms with Crippen LogP contribution in [0.3, 0.4) is 0 Å². The molecular formula is C23H29NO3S. The molecule has 3 atom stereocenters. The summed E-state index contributed by atoms with van der Waals surface area (Å²) >= 11 is 1.09. The Bertz CT molecular complexity index is 768. The first-order valence-electron chi connectivity index (χ1n) is 10.1. The van der Waals surface area contributed by atoms with E-state index in [0.29, 0.717) is 24.3 Å². The number of hydrogen-bond donors (Lipinski definition) is 1. The molecule has 5 heteroatoms. The molecule has 3 unspecified atom stereocenters. The predicted molar refractivity (Wildman–Crippen MR) is 114 cm³/mol. The molecule has 0 amide bonds. The second kappa shape index (κ2) is 9.99. The second-order valence-electron chi connectivity index (χ2n) is 7.47. The highest BCUT2D eigenvalue weighted by molar-refractivity contribution is 7.95. The number of nitrogens with one attached hydrogen (secondary N) is 1. The van der Waals surface area contributed by atoms with Crippen LogP contribution >= 0.6 is 12.0 Å². The maximum Gasteiger partial charge on any atom is 0.318 e. The molecule has 1 aliphatic rings. The average molecular weight is 400 g/mol. The molecule has 1 fully saturated rings. The highest BCUT2D eigenvalue weighted by Crippen LogP contribution is 2.35. The third-order valence-electron chi connectivity index (χ3n) is 5.21. The molecule has 1 N–H and O–H groups in total. The zero-order valence-corrected chi connectivity index (χ0v) is 17.6. The first-order valence-corrected chi connectivity index (χ1v) is 10.8. The lowest BCUT2D eigenvalue weighted by molar-refractivity contribution is -0.133. The van der Waals surface area contributed by atoms with Gasteiger partial charge in [0, 0.05) is 23.3 Å². The van der Waals surface area contributed by atoms with E-state index in [-0.39, 0.29) is 5.97 Å². The number of hydrogen-bond acceptors (Lipinski definition) is 5. The summed E-state index contributed by atoms with van der Waals surface area (Å²) in [4.78, 5) is 12.3. The fourth-order valence-electron chi connectivity index (χ4n) is 3.78. The van der Waals surface area contributed by atoms with Gasteiger partial charge in [-0.25, -0.2) is 0 Å². The number of carbonyl (C=O) groups excluding carboxylic acids is 1. The van der Waals surface area contributed by atoms with Gasteiger partial charge >= 0.3 is 5.97 Å². The Kier molecular flexibility index (Phi) is 7.40. The number of rotatable bonds is 7. The van der Waals surface area contributed by atoms with Gasteiger partial charge in [-0.2, -0.15) is 0 Å². The number of piperidine rings is 1. The first-order chi connectivity index (χ1) is 13.6. The molecule has 0 aromatic heterocycles. The Labute approximate surface area is 172 Å². The maximum atomic E-state index is 11.5. The number of benzene rings is 2. The van der Waals surface area contributed by atoms with Gasteiger partial charge in [-0.3, -0.25) is 4.79 Å². The zero-order chi connectivity index (χ0) is 19.9. The molecule has 2 aromatic rings. The zero-order valence-electron chi connectivity index (χ0n) is 16.8. The molecule has 1 saturated heterocycles. The smallest absolute Gasteiger partial charge is 0.318 e. The third-order valence-corrected chi connectivity index (χ3v) is 5.94. The van der Waals surface area contributed by atoms with Crippen LogP contribution in [0.2, 0.25) is 0 Å². The van der Waals surface area contributed by atoms with Gasteiger partial charge in [0.25, 0.3) is 0 Å². The third kappa shape index (κ3) is 5.52. The molecule has 2 aromatic carbocycles. The fourth-order valence-corrected chi connectivity index (χ4v) is 4.30. The summed E-state index contributed by atoms with van der Waals surface area (Å²) in [5, 5.41) is 3.59. The van der Waals surface area contributed by atoms with Crippen LogP contribution < -0.4 is 10.1 Å². The molecule has 4 nitrogen and oxygen atoms in total. The number of carbonyl (C=O) groups is 1. The largest absolute Gasteiger partial charge is 0.457 e. The van der Waals surface area contributed by atoms with Gasteiger partial charge < -0.3 is 14.2 Å². The van der Waals surface area contributed by atoms with E-state index in [1.54, 1.807) is 0 Å². The highest BCUT2D eigenvalue weighted by atomic mass is 32.2. The SMILES string of the molecule is CCCC(=O)OSc1ccc(Oc2cccc(C3C(C)CCNC3C)c2)cc1. The van der Waals surface area contributed by atoms with E-state index in [1.807, 2.05) is 37.3 Å². The lowest BCUT2D eigenvalue weighted by Gasteiger charge is -2.36. The van der Waals surface area contributed by atoms with Gasteiger partial charge in [-0.15, -0.1) is 0 Å². The van der Waals surface area contributed by atoms with Gasteiger partial charge in [0.15, 0.2) is 0 Å². The molecule has 0 radical (unpaired) electrons. The first kappa shape index (κ1) is 20.7. The Hall–Kier alpha value is -1.98. The van der Waals surface area contributed by atoms with Crippen molar-refractivity contribution in [1.82, 2.24) is 5.32 Å². The molecule has 1 heterocycles. The molecule has 0 aliphatic carbocycles. The minimum Gasteiger partial charge on any atom is -0.457 e. The van der Waals surface area contributed by atoms with Gasteiger partial charge in [0.2, 0.25) is 0 Å². The van der Waals surface area contributed by atoms with E-state index in [4.69, 9.17) is 8.92 Å². The molecule has 28 heavy (non-hydrogen) atoms. The van der Waals surface area contributed by atoms with Crippen LogP contribution in [0.15, 0.2) is 53.4 Å². The topological polar surface area (TPSA) is 47.6 Å². The molecule has 3 rings (SSSR count). The summed E-state index contributed by atoms with van der Waals surface area (Å²) in [7, 11) is 0. The summed E-state index contributed by atoms with van der Waals surface area (Å²) in [5.41, 5.74) is 1.32. The van der Waals surface area contributed by atoms with Crippen LogP contribution in [0.1, 0.15) is 51.5 Å². The molecular weight excluding hydrogens is 370 g/mol. The lowest BCUT2D eigenvalue weighted by Crippen LogP contribution is -2.41. The van der Waals surface area contributed by atoms with E-state index >= 15 is 0 Å². The van der Waals surface area contributed by atoms with Gasteiger partial charge in [-0.1, -0.05) is 26.0 Å². The summed E-state index contributed by atoms with van der Waals surface area (Å²) in [6.07, 6.45) is 2.43. The van der Waals surface area contributed by atoms with Gasteiger partial charge in [0.1, 0.15) is 11.5 Å². The monoisotopic (exact) mass is 399 g/mol. The van der Waals surface area contributed by atoms with Crippen molar-refractivity contribution in [2.45, 2.75) is 56.9 Å². The van der Waals surface area contributed by atoms with Crippen molar-refractivity contribution in [1.29, 1.82) is 0 Å². The lowest BCUT2D eigenvalue weighted by atomic mass is 9.78. The molecule has 0 spiro atoms. The summed E-state index contributed by atoms with van der Waals surface area (Å²) in [6, 6.07) is 16.5. The normalized spacial score (nSPS) is 21.9. The van der Waals surface area contributed by atoms with Crippen molar-refractivity contribution < 1.29 is 13.7 Å². The van der Waals surface area contributed by atoms with E-state index in [2.05, 4.69) is 37.4 Å². The van der Waals surface area contributed by atoms with Crippen LogP contribution in [0, 0.1) is 5.92 Å². The van der Waals surface area contributed by atoms with E-state index in [0.717, 1.165) is 41.4 Å². The molecule has 0 saturated carbocycles. The van der Waals surface area contributed by atoms with E-state index in [1.165, 1.54) is 12.0 Å². The number of ether oxygens (including phenoxy) is 1. The van der Waals surface area contributed by atoms with Gasteiger partial charge in [0.05, 0.1) is 12.0 Å². The quantitative estimate of drug-likeness (QED) is 0.585. The molecule has 0 bridgehead atoms. The van der Waals surface area contributed by atoms with Crippen molar-refractivity contribution in [2.24, 2.45) is 5.92 Å². The second-order valence-corrected chi connectivity index (χ2v) is 8.27. The van der Waals surface area contributed by atoms with Crippen molar-refractivity contribution >= 4 is 18.0 Å². The Morgan fingerprint density at radius 3 is 2.64 bits per heavy atom. The minimum absolute atomic E-state index is 0.190. The standard InChI is InChI=1S/C23H29NO3S/c1-4-6-22(25)27-28-21-11-9-19(10-12-21)26-20-8-5-7-18(15-20)23-16(2)13-14-24-17(23)3/h5,7-12,15-17,23-24H,4,6,13-14H2,1-3H3. The fraction of sp³-hybridized carbons (Fsp3) is 0.435. The van der Waals surface area contributed by atoms with Gasteiger partial charge in [-0.05, 0) is 74.2 Å². The Morgan fingerprint density at radius 1 is 1.14 bits per heavy atom. The Balaban J connectivity index is 1.63. The minimum atomic E-state index is -0.190. The predicted octanol–water partition coefficient (Wildman–Crippen LogP) is 5.93. The highest BCUT2D eigenvalue weighted by Gasteiger charge is 2.28. The summed E-state index contributed by atoms with van der Waals surface area (Å²) in [6.45, 7) is 7.64.